The van der Waals surface area contributed by atoms with Gasteiger partial charge in [0.1, 0.15) is 24.3 Å². The average Bonchev–Trinajstić information content (AvgIpc) is 2.71. The highest BCUT2D eigenvalue weighted by Crippen LogP contribution is 2.28. The van der Waals surface area contributed by atoms with E-state index >= 15 is 0 Å². The smallest absolute Gasteiger partial charge is 0.260 e. The van der Waals surface area contributed by atoms with Crippen LogP contribution in [0, 0.1) is 6.92 Å². The number of aliphatic hydroxyl groups excluding tert-OH is 1. The van der Waals surface area contributed by atoms with Crippen molar-refractivity contribution in [3.63, 3.8) is 0 Å². The van der Waals surface area contributed by atoms with Gasteiger partial charge in [0.15, 0.2) is 0 Å². The van der Waals surface area contributed by atoms with Crippen molar-refractivity contribution in [2.75, 3.05) is 26.2 Å². The molecule has 158 valence electrons. The SMILES string of the molecule is Cc1ncc(-c2ccc3cc(OCC(O)CN4CCCC(F)(F)C4)ccc3c2)cn1. The van der Waals surface area contributed by atoms with Crippen molar-refractivity contribution in [3.8, 4) is 16.9 Å². The lowest BCUT2D eigenvalue weighted by molar-refractivity contribution is -0.0737. The second-order valence-corrected chi connectivity index (χ2v) is 7.90. The number of aryl methyl sites for hydroxylation is 1. The zero-order valence-corrected chi connectivity index (χ0v) is 16.9. The van der Waals surface area contributed by atoms with Gasteiger partial charge in [-0.2, -0.15) is 0 Å². The summed E-state index contributed by atoms with van der Waals surface area (Å²) >= 11 is 0. The molecule has 1 N–H and O–H groups in total. The third kappa shape index (κ3) is 5.09. The van der Waals surface area contributed by atoms with Crippen molar-refractivity contribution in [2.24, 2.45) is 0 Å². The van der Waals surface area contributed by atoms with Gasteiger partial charge in [-0.05, 0) is 54.4 Å². The first kappa shape index (κ1) is 20.6. The highest BCUT2D eigenvalue weighted by Gasteiger charge is 2.35. The Balaban J connectivity index is 1.37. The number of β-amino-alcohol motifs (C(OH)–C–C–N with tert-alkyl or cyclic N) is 1. The quantitative estimate of drug-likeness (QED) is 0.660. The maximum absolute atomic E-state index is 13.5. The molecule has 2 heterocycles. The van der Waals surface area contributed by atoms with Crippen LogP contribution >= 0.6 is 0 Å². The predicted octanol–water partition coefficient (Wildman–Crippen LogP) is 4.08. The van der Waals surface area contributed by atoms with Gasteiger partial charge in [0.05, 0.1) is 6.54 Å². The minimum Gasteiger partial charge on any atom is -0.491 e. The van der Waals surface area contributed by atoms with Gasteiger partial charge in [-0.3, -0.25) is 4.90 Å². The summed E-state index contributed by atoms with van der Waals surface area (Å²) in [5, 5.41) is 12.3. The van der Waals surface area contributed by atoms with Crippen LogP contribution in [0.2, 0.25) is 0 Å². The molecule has 0 aliphatic carbocycles. The Labute approximate surface area is 174 Å². The van der Waals surface area contributed by atoms with Gasteiger partial charge in [-0.25, -0.2) is 18.7 Å². The van der Waals surface area contributed by atoms with Gasteiger partial charge in [0, 0.05) is 30.9 Å². The fourth-order valence-corrected chi connectivity index (χ4v) is 3.78. The van der Waals surface area contributed by atoms with E-state index in [2.05, 4.69) is 16.0 Å². The van der Waals surface area contributed by atoms with Crippen LogP contribution in [0.4, 0.5) is 8.78 Å². The molecule has 1 saturated heterocycles. The van der Waals surface area contributed by atoms with Gasteiger partial charge < -0.3 is 9.84 Å². The standard InChI is InChI=1S/C23H25F2N3O2/c1-16-26-11-20(12-27-16)18-3-4-19-10-22(6-5-17(19)9-18)30-14-21(29)13-28-8-2-7-23(24,25)15-28/h3-6,9-12,21,29H,2,7-8,13-15H2,1H3. The molecule has 0 bridgehead atoms. The summed E-state index contributed by atoms with van der Waals surface area (Å²) in [6.45, 7) is 2.38. The fourth-order valence-electron chi connectivity index (χ4n) is 3.78. The van der Waals surface area contributed by atoms with Gasteiger partial charge in [0.25, 0.3) is 5.92 Å². The van der Waals surface area contributed by atoms with E-state index in [1.165, 1.54) is 0 Å². The van der Waals surface area contributed by atoms with Gasteiger partial charge in [-0.15, -0.1) is 0 Å². The van der Waals surface area contributed by atoms with Crippen molar-refractivity contribution in [3.05, 3.63) is 54.6 Å². The molecular formula is C23H25F2N3O2. The second kappa shape index (κ2) is 8.62. The minimum atomic E-state index is -2.67. The molecule has 3 aromatic rings. The Morgan fingerprint density at radius 1 is 1.10 bits per heavy atom. The molecule has 0 spiro atoms. The molecule has 1 aliphatic rings. The fraction of sp³-hybridized carbons (Fsp3) is 0.391. The number of hydrogen-bond acceptors (Lipinski definition) is 5. The number of rotatable bonds is 6. The topological polar surface area (TPSA) is 58.5 Å². The van der Waals surface area contributed by atoms with Gasteiger partial charge in [-0.1, -0.05) is 18.2 Å². The molecule has 1 fully saturated rings. The first-order valence-corrected chi connectivity index (χ1v) is 10.1. The van der Waals surface area contributed by atoms with Crippen LogP contribution in [0.1, 0.15) is 18.7 Å². The molecule has 1 atom stereocenters. The maximum atomic E-state index is 13.5. The lowest BCUT2D eigenvalue weighted by Gasteiger charge is -2.33. The van der Waals surface area contributed by atoms with Crippen molar-refractivity contribution in [2.45, 2.75) is 31.8 Å². The number of alkyl halides is 2. The lowest BCUT2D eigenvalue weighted by atomic mass is 10.0. The molecule has 4 rings (SSSR count). The minimum absolute atomic E-state index is 0.0619. The highest BCUT2D eigenvalue weighted by atomic mass is 19.3. The van der Waals surface area contributed by atoms with E-state index < -0.39 is 12.0 Å². The molecule has 1 aliphatic heterocycles. The van der Waals surface area contributed by atoms with Gasteiger partial charge >= 0.3 is 0 Å². The number of aromatic nitrogens is 2. The van der Waals surface area contributed by atoms with Crippen molar-refractivity contribution in [1.82, 2.24) is 14.9 Å². The lowest BCUT2D eigenvalue weighted by Crippen LogP contribution is -2.46. The third-order valence-corrected chi connectivity index (χ3v) is 5.31. The summed E-state index contributed by atoms with van der Waals surface area (Å²) in [4.78, 5) is 10.1. The number of nitrogens with zero attached hydrogens (tertiary/aromatic N) is 3. The summed E-state index contributed by atoms with van der Waals surface area (Å²) < 4.78 is 32.7. The van der Waals surface area contributed by atoms with Crippen LogP contribution in [0.5, 0.6) is 5.75 Å². The van der Waals surface area contributed by atoms with Crippen LogP contribution in [0.3, 0.4) is 0 Å². The average molecular weight is 413 g/mol. The van der Waals surface area contributed by atoms with Crippen LogP contribution in [-0.2, 0) is 0 Å². The van der Waals surface area contributed by atoms with E-state index in [9.17, 15) is 13.9 Å². The monoisotopic (exact) mass is 413 g/mol. The van der Waals surface area contributed by atoms with E-state index in [0.29, 0.717) is 18.7 Å². The number of ether oxygens (including phenoxy) is 1. The second-order valence-electron chi connectivity index (χ2n) is 7.90. The zero-order chi connectivity index (χ0) is 21.1. The molecule has 0 saturated carbocycles. The van der Waals surface area contributed by atoms with Crippen molar-refractivity contribution >= 4 is 10.8 Å². The number of hydrogen-bond donors (Lipinski definition) is 1. The number of benzene rings is 2. The summed E-state index contributed by atoms with van der Waals surface area (Å²) in [6, 6.07) is 11.8. The van der Waals surface area contributed by atoms with Crippen molar-refractivity contribution < 1.29 is 18.6 Å². The van der Waals surface area contributed by atoms with Crippen LogP contribution < -0.4 is 4.74 Å². The number of halogens is 2. The molecular weight excluding hydrogens is 388 g/mol. The van der Waals surface area contributed by atoms with E-state index in [1.807, 2.05) is 37.3 Å². The number of likely N-dealkylation sites (tertiary alicyclic amines) is 1. The van der Waals surface area contributed by atoms with Crippen LogP contribution in [0.25, 0.3) is 21.9 Å². The van der Waals surface area contributed by atoms with E-state index in [-0.39, 0.29) is 26.1 Å². The molecule has 1 aromatic heterocycles. The molecule has 0 amide bonds. The Morgan fingerprint density at radius 3 is 2.60 bits per heavy atom. The Morgan fingerprint density at radius 2 is 1.83 bits per heavy atom. The Hall–Kier alpha value is -2.64. The highest BCUT2D eigenvalue weighted by molar-refractivity contribution is 5.88. The third-order valence-electron chi connectivity index (χ3n) is 5.31. The molecule has 2 aromatic carbocycles. The first-order chi connectivity index (χ1) is 14.4. The summed E-state index contributed by atoms with van der Waals surface area (Å²) in [5.41, 5.74) is 1.99. The largest absolute Gasteiger partial charge is 0.491 e. The number of fused-ring (bicyclic) bond motifs is 1. The Kier molecular flexibility index (Phi) is 5.92. The van der Waals surface area contributed by atoms with E-state index in [1.54, 1.807) is 17.3 Å². The molecule has 30 heavy (non-hydrogen) atoms. The molecule has 5 nitrogen and oxygen atoms in total. The normalized spacial score (nSPS) is 17.7. The first-order valence-electron chi connectivity index (χ1n) is 10.1. The maximum Gasteiger partial charge on any atom is 0.260 e. The van der Waals surface area contributed by atoms with Crippen LogP contribution in [0.15, 0.2) is 48.8 Å². The van der Waals surface area contributed by atoms with Crippen molar-refractivity contribution in [1.29, 1.82) is 0 Å². The molecule has 7 heteroatoms. The summed E-state index contributed by atoms with van der Waals surface area (Å²) in [6.07, 6.45) is 3.16. The molecule has 0 radical (unpaired) electrons. The molecule has 1 unspecified atom stereocenters. The summed E-state index contributed by atoms with van der Waals surface area (Å²) in [7, 11) is 0. The Bertz CT molecular complexity index is 1010. The van der Waals surface area contributed by atoms with Gasteiger partial charge in [0.2, 0.25) is 0 Å². The zero-order valence-electron chi connectivity index (χ0n) is 16.9. The number of piperidine rings is 1. The van der Waals surface area contributed by atoms with Crippen LogP contribution in [-0.4, -0.2) is 58.2 Å². The van der Waals surface area contributed by atoms with E-state index in [4.69, 9.17) is 4.74 Å². The summed E-state index contributed by atoms with van der Waals surface area (Å²) in [5.74, 6) is -1.30. The van der Waals surface area contributed by atoms with E-state index in [0.717, 1.165) is 27.7 Å². The number of aliphatic hydroxyl groups is 1. The predicted molar refractivity (Wildman–Crippen MR) is 112 cm³/mol.